The Morgan fingerprint density at radius 1 is 1.43 bits per heavy atom. The lowest BCUT2D eigenvalue weighted by Gasteiger charge is -2.36. The largest absolute Gasteiger partial charge is 0.369 e. The molecule has 1 aromatic rings. The molecule has 21 heavy (non-hydrogen) atoms. The zero-order valence-electron chi connectivity index (χ0n) is 12.1. The number of hydrogen-bond donors (Lipinski definition) is 1. The van der Waals surface area contributed by atoms with E-state index in [4.69, 9.17) is 10.5 Å². The predicted octanol–water partition coefficient (Wildman–Crippen LogP) is 2.59. The van der Waals surface area contributed by atoms with E-state index in [9.17, 15) is 4.79 Å². The van der Waals surface area contributed by atoms with E-state index in [1.54, 1.807) is 11.3 Å². The summed E-state index contributed by atoms with van der Waals surface area (Å²) in [6.45, 7) is 2.03. The minimum Gasteiger partial charge on any atom is -0.369 e. The van der Waals surface area contributed by atoms with Gasteiger partial charge in [0.2, 0.25) is 5.91 Å². The van der Waals surface area contributed by atoms with Crippen LogP contribution in [0, 0.1) is 5.92 Å². The average molecular weight is 331 g/mol. The Balaban J connectivity index is 0.00000161. The van der Waals surface area contributed by atoms with Gasteiger partial charge in [-0.1, -0.05) is 12.5 Å². The third-order valence-corrected chi connectivity index (χ3v) is 5.27. The van der Waals surface area contributed by atoms with Gasteiger partial charge in [0, 0.05) is 23.4 Å². The summed E-state index contributed by atoms with van der Waals surface area (Å²) in [5.74, 6) is 0.408. The molecule has 0 bridgehead atoms. The van der Waals surface area contributed by atoms with Crippen LogP contribution in [0.3, 0.4) is 0 Å². The van der Waals surface area contributed by atoms with Gasteiger partial charge in [-0.3, -0.25) is 4.79 Å². The summed E-state index contributed by atoms with van der Waals surface area (Å²) in [5, 5.41) is 2.06. The second-order valence-electron chi connectivity index (χ2n) is 5.78. The summed E-state index contributed by atoms with van der Waals surface area (Å²) in [6.07, 6.45) is 4.03. The van der Waals surface area contributed by atoms with Crippen LogP contribution in [0.2, 0.25) is 0 Å². The fourth-order valence-electron chi connectivity index (χ4n) is 3.21. The third-order valence-electron chi connectivity index (χ3n) is 4.30. The van der Waals surface area contributed by atoms with Gasteiger partial charge in [0.1, 0.15) is 6.10 Å². The van der Waals surface area contributed by atoms with Crippen molar-refractivity contribution in [1.82, 2.24) is 4.90 Å². The number of amides is 1. The minimum atomic E-state index is 0. The van der Waals surface area contributed by atoms with Gasteiger partial charge in [-0.25, -0.2) is 0 Å². The Kier molecular flexibility index (Phi) is 6.05. The van der Waals surface area contributed by atoms with Gasteiger partial charge < -0.3 is 15.4 Å². The maximum atomic E-state index is 12.6. The first-order valence-corrected chi connectivity index (χ1v) is 8.31. The van der Waals surface area contributed by atoms with Gasteiger partial charge in [-0.05, 0) is 30.7 Å². The number of nitrogens with zero attached hydrogens (tertiary/aromatic N) is 1. The molecule has 1 saturated carbocycles. The fraction of sp³-hybridized carbons (Fsp3) is 0.667. The summed E-state index contributed by atoms with van der Waals surface area (Å²) in [4.78, 5) is 15.8. The molecule has 1 aliphatic carbocycles. The Hall–Kier alpha value is -0.620. The molecule has 118 valence electrons. The third kappa shape index (κ3) is 3.97. The number of nitrogens with two attached hydrogens (primary N) is 1. The highest BCUT2D eigenvalue weighted by Gasteiger charge is 2.32. The molecule has 3 rings (SSSR count). The van der Waals surface area contributed by atoms with Crippen LogP contribution in [0.15, 0.2) is 17.5 Å². The minimum absolute atomic E-state index is 0. The number of ether oxygens (including phenoxy) is 1. The summed E-state index contributed by atoms with van der Waals surface area (Å²) in [5.41, 5.74) is 6.00. The lowest BCUT2D eigenvalue weighted by atomic mass is 9.85. The van der Waals surface area contributed by atoms with Crippen molar-refractivity contribution < 1.29 is 9.53 Å². The summed E-state index contributed by atoms with van der Waals surface area (Å²) < 4.78 is 5.80. The monoisotopic (exact) mass is 330 g/mol. The molecular formula is C15H23ClN2O2S. The van der Waals surface area contributed by atoms with Gasteiger partial charge in [-0.15, -0.1) is 23.7 Å². The fourth-order valence-corrected chi connectivity index (χ4v) is 3.97. The molecule has 2 fully saturated rings. The van der Waals surface area contributed by atoms with E-state index in [1.165, 1.54) is 4.88 Å². The molecular weight excluding hydrogens is 308 g/mol. The molecule has 2 heterocycles. The zero-order valence-corrected chi connectivity index (χ0v) is 13.7. The molecule has 1 amide bonds. The SMILES string of the molecule is Cl.NC1CCCC(C(=O)N2CCOC(c3cccs3)C2)C1. The van der Waals surface area contributed by atoms with Gasteiger partial charge in [0.25, 0.3) is 0 Å². The Morgan fingerprint density at radius 2 is 2.29 bits per heavy atom. The van der Waals surface area contributed by atoms with Crippen molar-refractivity contribution in [1.29, 1.82) is 0 Å². The van der Waals surface area contributed by atoms with E-state index in [0.29, 0.717) is 19.7 Å². The number of carbonyl (C=O) groups excluding carboxylic acids is 1. The topological polar surface area (TPSA) is 55.6 Å². The van der Waals surface area contributed by atoms with Gasteiger partial charge >= 0.3 is 0 Å². The Labute approximate surface area is 136 Å². The Morgan fingerprint density at radius 3 is 3.00 bits per heavy atom. The Bertz CT molecular complexity index is 455. The van der Waals surface area contributed by atoms with Crippen molar-refractivity contribution in [2.45, 2.75) is 37.8 Å². The zero-order chi connectivity index (χ0) is 13.9. The molecule has 0 spiro atoms. The number of hydrogen-bond acceptors (Lipinski definition) is 4. The van der Waals surface area contributed by atoms with Crippen LogP contribution in [0.25, 0.3) is 0 Å². The van der Waals surface area contributed by atoms with E-state index in [1.807, 2.05) is 11.0 Å². The number of halogens is 1. The molecule has 3 atom stereocenters. The van der Waals surface area contributed by atoms with Crippen molar-refractivity contribution in [2.75, 3.05) is 19.7 Å². The molecule has 4 nitrogen and oxygen atoms in total. The van der Waals surface area contributed by atoms with E-state index in [0.717, 1.165) is 25.7 Å². The highest BCUT2D eigenvalue weighted by atomic mass is 35.5. The maximum absolute atomic E-state index is 12.6. The first kappa shape index (κ1) is 16.7. The number of carbonyl (C=O) groups is 1. The standard InChI is InChI=1S/C15H22N2O2S.ClH/c16-12-4-1-3-11(9-12)15(18)17-6-7-19-13(10-17)14-5-2-8-20-14;/h2,5,8,11-13H,1,3-4,6-7,9-10,16H2;1H. The summed E-state index contributed by atoms with van der Waals surface area (Å²) in [7, 11) is 0. The lowest BCUT2D eigenvalue weighted by Crippen LogP contribution is -2.46. The molecule has 3 unspecified atom stereocenters. The molecule has 2 N–H and O–H groups in total. The molecule has 1 aliphatic heterocycles. The molecule has 1 saturated heterocycles. The van der Waals surface area contributed by atoms with Gasteiger partial charge in [0.05, 0.1) is 13.2 Å². The highest BCUT2D eigenvalue weighted by Crippen LogP contribution is 2.29. The van der Waals surface area contributed by atoms with Crippen LogP contribution in [-0.4, -0.2) is 36.5 Å². The number of morpholine rings is 1. The first-order chi connectivity index (χ1) is 9.74. The van der Waals surface area contributed by atoms with Crippen molar-refractivity contribution >= 4 is 29.7 Å². The maximum Gasteiger partial charge on any atom is 0.225 e. The normalized spacial score (nSPS) is 29.8. The molecule has 1 aromatic heterocycles. The molecule has 2 aliphatic rings. The molecule has 0 aromatic carbocycles. The first-order valence-electron chi connectivity index (χ1n) is 7.43. The predicted molar refractivity (Wildman–Crippen MR) is 86.8 cm³/mol. The van der Waals surface area contributed by atoms with E-state index in [2.05, 4.69) is 11.4 Å². The van der Waals surface area contributed by atoms with Crippen molar-refractivity contribution in [3.05, 3.63) is 22.4 Å². The van der Waals surface area contributed by atoms with Crippen molar-refractivity contribution in [3.8, 4) is 0 Å². The lowest BCUT2D eigenvalue weighted by molar-refractivity contribution is -0.144. The van der Waals surface area contributed by atoms with Gasteiger partial charge in [-0.2, -0.15) is 0 Å². The van der Waals surface area contributed by atoms with Crippen LogP contribution in [0.5, 0.6) is 0 Å². The van der Waals surface area contributed by atoms with E-state index in [-0.39, 0.29) is 36.4 Å². The van der Waals surface area contributed by atoms with Crippen LogP contribution in [0.4, 0.5) is 0 Å². The average Bonchev–Trinajstić information content (AvgIpc) is 3.01. The summed E-state index contributed by atoms with van der Waals surface area (Å²) >= 11 is 1.70. The van der Waals surface area contributed by atoms with Crippen LogP contribution in [-0.2, 0) is 9.53 Å². The van der Waals surface area contributed by atoms with Crippen molar-refractivity contribution in [3.63, 3.8) is 0 Å². The van der Waals surface area contributed by atoms with Gasteiger partial charge in [0.15, 0.2) is 0 Å². The van der Waals surface area contributed by atoms with Crippen LogP contribution in [0.1, 0.15) is 36.7 Å². The smallest absolute Gasteiger partial charge is 0.225 e. The highest BCUT2D eigenvalue weighted by molar-refractivity contribution is 7.10. The molecule has 0 radical (unpaired) electrons. The summed E-state index contributed by atoms with van der Waals surface area (Å²) in [6, 6.07) is 4.32. The van der Waals surface area contributed by atoms with Crippen LogP contribution < -0.4 is 5.73 Å². The second-order valence-corrected chi connectivity index (χ2v) is 6.76. The van der Waals surface area contributed by atoms with Crippen LogP contribution >= 0.6 is 23.7 Å². The number of rotatable bonds is 2. The quantitative estimate of drug-likeness (QED) is 0.906. The second kappa shape index (κ2) is 7.58. The van der Waals surface area contributed by atoms with E-state index < -0.39 is 0 Å². The molecule has 6 heteroatoms. The van der Waals surface area contributed by atoms with E-state index >= 15 is 0 Å². The van der Waals surface area contributed by atoms with Crippen molar-refractivity contribution in [2.24, 2.45) is 11.7 Å². The number of thiophene rings is 1.